The fraction of sp³-hybridized carbons (Fsp3) is 0.500. The molecule has 1 aliphatic rings. The number of likely N-dealkylation sites (N-methyl/N-ethyl adjacent to an activating group) is 1. The molecule has 0 saturated carbocycles. The standard InChI is InChI=1S/C20H27BrN4O3/c1-20(2,3)28-19(26)23(4)16-10-24(11-17(16)27-5)14-6-8-15(9-7-14)25-12-18(21)22-13-25/h6-9,12-13,16-17H,10-11H2,1-5H3/t16-,17+/m0/s1. The first-order valence-corrected chi connectivity index (χ1v) is 10.0. The van der Waals surface area contributed by atoms with E-state index in [2.05, 4.69) is 50.1 Å². The van der Waals surface area contributed by atoms with Crippen LogP contribution >= 0.6 is 15.9 Å². The first kappa shape index (κ1) is 20.7. The number of carbonyl (C=O) groups is 1. The molecule has 2 heterocycles. The predicted molar refractivity (Wildman–Crippen MR) is 112 cm³/mol. The van der Waals surface area contributed by atoms with Gasteiger partial charge in [-0.25, -0.2) is 9.78 Å². The van der Waals surface area contributed by atoms with Gasteiger partial charge in [0.1, 0.15) is 16.5 Å². The van der Waals surface area contributed by atoms with Gasteiger partial charge in [0.05, 0.1) is 12.1 Å². The third kappa shape index (κ3) is 4.67. The molecule has 1 fully saturated rings. The number of halogens is 1. The van der Waals surface area contributed by atoms with Gasteiger partial charge in [0.25, 0.3) is 0 Å². The molecular formula is C20H27BrN4O3. The number of amides is 1. The van der Waals surface area contributed by atoms with Gasteiger partial charge < -0.3 is 23.8 Å². The molecule has 1 aromatic carbocycles. The zero-order valence-corrected chi connectivity index (χ0v) is 18.5. The van der Waals surface area contributed by atoms with E-state index in [4.69, 9.17) is 9.47 Å². The molecule has 1 aliphatic heterocycles. The lowest BCUT2D eigenvalue weighted by molar-refractivity contribution is 0.00378. The van der Waals surface area contributed by atoms with Gasteiger partial charge in [0, 0.05) is 44.8 Å². The Kier molecular flexibility index (Phi) is 6.00. The van der Waals surface area contributed by atoms with Gasteiger partial charge in [0.15, 0.2) is 0 Å². The predicted octanol–water partition coefficient (Wildman–Crippen LogP) is 3.71. The van der Waals surface area contributed by atoms with Crippen LogP contribution in [0.15, 0.2) is 41.4 Å². The minimum absolute atomic E-state index is 0.0795. The number of ether oxygens (including phenoxy) is 2. The van der Waals surface area contributed by atoms with E-state index < -0.39 is 5.60 Å². The third-order valence-corrected chi connectivity index (χ3v) is 5.19. The van der Waals surface area contributed by atoms with Crippen molar-refractivity contribution in [3.05, 3.63) is 41.4 Å². The van der Waals surface area contributed by atoms with Crippen molar-refractivity contribution in [2.75, 3.05) is 32.1 Å². The molecule has 8 heteroatoms. The number of hydrogen-bond donors (Lipinski definition) is 0. The molecule has 1 amide bonds. The van der Waals surface area contributed by atoms with E-state index in [-0.39, 0.29) is 18.2 Å². The maximum atomic E-state index is 12.5. The van der Waals surface area contributed by atoms with Crippen molar-refractivity contribution < 1.29 is 14.3 Å². The molecule has 28 heavy (non-hydrogen) atoms. The summed E-state index contributed by atoms with van der Waals surface area (Å²) in [7, 11) is 3.46. The van der Waals surface area contributed by atoms with E-state index in [1.807, 2.05) is 31.5 Å². The molecular weight excluding hydrogens is 424 g/mol. The van der Waals surface area contributed by atoms with E-state index in [0.717, 1.165) is 16.0 Å². The fourth-order valence-corrected chi connectivity index (χ4v) is 3.63. The summed E-state index contributed by atoms with van der Waals surface area (Å²) >= 11 is 3.37. The lowest BCUT2D eigenvalue weighted by Gasteiger charge is -2.30. The monoisotopic (exact) mass is 450 g/mol. The van der Waals surface area contributed by atoms with E-state index in [9.17, 15) is 4.79 Å². The fourth-order valence-electron chi connectivity index (χ4n) is 3.32. The summed E-state index contributed by atoms with van der Waals surface area (Å²) in [6, 6.07) is 8.17. The Bertz CT molecular complexity index is 816. The molecule has 152 valence electrons. The van der Waals surface area contributed by atoms with Crippen molar-refractivity contribution in [1.82, 2.24) is 14.5 Å². The molecule has 0 spiro atoms. The van der Waals surface area contributed by atoms with E-state index in [1.165, 1.54) is 0 Å². The zero-order chi connectivity index (χ0) is 20.5. The van der Waals surface area contributed by atoms with Crippen molar-refractivity contribution in [2.45, 2.75) is 38.5 Å². The molecule has 1 aromatic heterocycles. The molecule has 3 rings (SSSR count). The van der Waals surface area contributed by atoms with Crippen molar-refractivity contribution in [3.8, 4) is 5.69 Å². The zero-order valence-electron chi connectivity index (χ0n) is 16.9. The lowest BCUT2D eigenvalue weighted by Crippen LogP contribution is -2.47. The molecule has 0 N–H and O–H groups in total. The average Bonchev–Trinajstić information content (AvgIpc) is 3.26. The Labute approximate surface area is 174 Å². The molecule has 1 saturated heterocycles. The highest BCUT2D eigenvalue weighted by molar-refractivity contribution is 9.10. The number of rotatable bonds is 4. The summed E-state index contributed by atoms with van der Waals surface area (Å²) in [5.41, 5.74) is 1.60. The normalized spacial score (nSPS) is 19.7. The van der Waals surface area contributed by atoms with Crippen LogP contribution in [0.25, 0.3) is 5.69 Å². The first-order valence-electron chi connectivity index (χ1n) is 9.21. The van der Waals surface area contributed by atoms with Crippen LogP contribution < -0.4 is 4.90 Å². The van der Waals surface area contributed by atoms with Crippen LogP contribution in [0.4, 0.5) is 10.5 Å². The van der Waals surface area contributed by atoms with Gasteiger partial charge in [-0.15, -0.1) is 0 Å². The van der Waals surface area contributed by atoms with Crippen LogP contribution in [-0.4, -0.2) is 65.5 Å². The molecule has 2 aromatic rings. The van der Waals surface area contributed by atoms with Crippen LogP contribution in [0.5, 0.6) is 0 Å². The van der Waals surface area contributed by atoms with E-state index in [1.54, 1.807) is 25.4 Å². The topological polar surface area (TPSA) is 59.8 Å². The minimum atomic E-state index is -0.523. The first-order chi connectivity index (χ1) is 13.2. The molecule has 0 unspecified atom stereocenters. The van der Waals surface area contributed by atoms with Gasteiger partial charge >= 0.3 is 6.09 Å². The quantitative estimate of drug-likeness (QED) is 0.710. The minimum Gasteiger partial charge on any atom is -0.444 e. The molecule has 7 nitrogen and oxygen atoms in total. The Morgan fingerprint density at radius 1 is 1.21 bits per heavy atom. The summed E-state index contributed by atoms with van der Waals surface area (Å²) in [5, 5.41) is 0. The maximum absolute atomic E-state index is 12.5. The van der Waals surface area contributed by atoms with Gasteiger partial charge in [-0.05, 0) is 61.0 Å². The second-order valence-corrected chi connectivity index (χ2v) is 8.77. The Morgan fingerprint density at radius 2 is 1.86 bits per heavy atom. The summed E-state index contributed by atoms with van der Waals surface area (Å²) in [6.07, 6.45) is 3.27. The average molecular weight is 451 g/mol. The van der Waals surface area contributed by atoms with Gasteiger partial charge in [-0.2, -0.15) is 0 Å². The molecule has 0 aliphatic carbocycles. The third-order valence-electron chi connectivity index (χ3n) is 4.78. The van der Waals surface area contributed by atoms with E-state index in [0.29, 0.717) is 13.1 Å². The highest BCUT2D eigenvalue weighted by Crippen LogP contribution is 2.26. The molecule has 0 radical (unpaired) electrons. The van der Waals surface area contributed by atoms with Gasteiger partial charge in [-0.3, -0.25) is 0 Å². The van der Waals surface area contributed by atoms with Crippen LogP contribution in [-0.2, 0) is 9.47 Å². The van der Waals surface area contributed by atoms with Crippen LogP contribution in [0.2, 0.25) is 0 Å². The Morgan fingerprint density at radius 3 is 2.39 bits per heavy atom. The summed E-state index contributed by atoms with van der Waals surface area (Å²) in [5.74, 6) is 0. The van der Waals surface area contributed by atoms with Crippen LogP contribution in [0.3, 0.4) is 0 Å². The van der Waals surface area contributed by atoms with Crippen LogP contribution in [0, 0.1) is 0 Å². The summed E-state index contributed by atoms with van der Waals surface area (Å²) < 4.78 is 13.9. The largest absolute Gasteiger partial charge is 0.444 e. The number of aromatic nitrogens is 2. The summed E-state index contributed by atoms with van der Waals surface area (Å²) in [6.45, 7) is 7.00. The number of hydrogen-bond acceptors (Lipinski definition) is 5. The lowest BCUT2D eigenvalue weighted by atomic mass is 10.2. The highest BCUT2D eigenvalue weighted by Gasteiger charge is 2.38. The van der Waals surface area contributed by atoms with Crippen molar-refractivity contribution in [3.63, 3.8) is 0 Å². The van der Waals surface area contributed by atoms with Gasteiger partial charge in [-0.1, -0.05) is 0 Å². The second kappa shape index (κ2) is 8.13. The van der Waals surface area contributed by atoms with Gasteiger partial charge in [0.2, 0.25) is 0 Å². The second-order valence-electron chi connectivity index (χ2n) is 7.96. The van der Waals surface area contributed by atoms with E-state index >= 15 is 0 Å². The number of benzene rings is 1. The highest BCUT2D eigenvalue weighted by atomic mass is 79.9. The summed E-state index contributed by atoms with van der Waals surface area (Å²) in [4.78, 5) is 20.5. The van der Waals surface area contributed by atoms with Crippen molar-refractivity contribution >= 4 is 27.7 Å². The number of carbonyl (C=O) groups excluding carboxylic acids is 1. The maximum Gasteiger partial charge on any atom is 0.410 e. The Balaban J connectivity index is 1.71. The number of imidazole rings is 1. The molecule has 0 bridgehead atoms. The smallest absolute Gasteiger partial charge is 0.410 e. The SMILES string of the molecule is CO[C@@H]1CN(c2ccc(-n3cnc(Br)c3)cc2)C[C@@H]1N(C)C(=O)OC(C)(C)C. The van der Waals surface area contributed by atoms with Crippen LogP contribution in [0.1, 0.15) is 20.8 Å². The molecule has 2 atom stereocenters. The number of nitrogens with zero attached hydrogens (tertiary/aromatic N) is 4. The number of methoxy groups -OCH3 is 1. The number of anilines is 1. The van der Waals surface area contributed by atoms with Crippen molar-refractivity contribution in [1.29, 1.82) is 0 Å². The Hall–Kier alpha value is -2.06. The van der Waals surface area contributed by atoms with Crippen molar-refractivity contribution in [2.24, 2.45) is 0 Å².